The first-order chi connectivity index (χ1) is 16.2. The van der Waals surface area contributed by atoms with Crippen LogP contribution >= 0.6 is 0 Å². The average Bonchev–Trinajstić information content (AvgIpc) is 3.42. The van der Waals surface area contributed by atoms with Gasteiger partial charge in [-0.1, -0.05) is 42.5 Å². The van der Waals surface area contributed by atoms with Gasteiger partial charge in [-0.2, -0.15) is 0 Å². The van der Waals surface area contributed by atoms with Crippen molar-refractivity contribution < 1.29 is 4.79 Å². The Morgan fingerprint density at radius 2 is 1.70 bits per heavy atom. The third-order valence-electron chi connectivity index (χ3n) is 5.73. The van der Waals surface area contributed by atoms with Crippen LogP contribution in [0.2, 0.25) is 0 Å². The van der Waals surface area contributed by atoms with Gasteiger partial charge in [0, 0.05) is 43.2 Å². The zero-order chi connectivity index (χ0) is 22.6. The van der Waals surface area contributed by atoms with Crippen molar-refractivity contribution in [3.8, 4) is 5.69 Å². The maximum Gasteiger partial charge on any atom is 0.224 e. The van der Waals surface area contributed by atoms with Crippen molar-refractivity contribution in [2.75, 3.05) is 5.32 Å². The lowest BCUT2D eigenvalue weighted by molar-refractivity contribution is -0.116. The molecule has 1 N–H and O–H groups in total. The highest BCUT2D eigenvalue weighted by molar-refractivity contribution is 5.91. The number of anilines is 1. The molecule has 2 aromatic heterocycles. The molecule has 0 saturated heterocycles. The molecule has 0 aliphatic carbocycles. The van der Waals surface area contributed by atoms with E-state index in [4.69, 9.17) is 4.98 Å². The quantitative estimate of drug-likeness (QED) is 0.384. The fraction of sp³-hybridized carbons (Fsp3) is 0.148. The SMILES string of the molecule is Cc1nccn1Cc1ccc(NC(=O)CCc2nc3ccccc3n2-c2ccccc2)cc1. The molecular weight excluding hydrogens is 410 g/mol. The van der Waals surface area contributed by atoms with Gasteiger partial charge in [-0.3, -0.25) is 9.36 Å². The van der Waals surface area contributed by atoms with Crippen molar-refractivity contribution in [1.82, 2.24) is 19.1 Å². The fourth-order valence-corrected chi connectivity index (χ4v) is 4.02. The zero-order valence-corrected chi connectivity index (χ0v) is 18.5. The number of fused-ring (bicyclic) bond motifs is 1. The topological polar surface area (TPSA) is 64.7 Å². The van der Waals surface area contributed by atoms with Gasteiger partial charge >= 0.3 is 0 Å². The van der Waals surface area contributed by atoms with E-state index in [0.29, 0.717) is 12.8 Å². The van der Waals surface area contributed by atoms with Gasteiger partial charge in [0.05, 0.1) is 11.0 Å². The molecular formula is C27H25N5O. The molecule has 3 aromatic carbocycles. The summed E-state index contributed by atoms with van der Waals surface area (Å²) in [6, 6.07) is 26.2. The lowest BCUT2D eigenvalue weighted by atomic mass is 10.2. The Bertz CT molecular complexity index is 1380. The van der Waals surface area contributed by atoms with Crippen LogP contribution in [-0.2, 0) is 17.8 Å². The van der Waals surface area contributed by atoms with Crippen LogP contribution in [0.3, 0.4) is 0 Å². The average molecular weight is 436 g/mol. The van der Waals surface area contributed by atoms with Crippen LogP contribution < -0.4 is 5.32 Å². The first-order valence-corrected chi connectivity index (χ1v) is 11.1. The van der Waals surface area contributed by atoms with Crippen LogP contribution in [0.5, 0.6) is 0 Å². The highest BCUT2D eigenvalue weighted by Crippen LogP contribution is 2.22. The number of imidazole rings is 2. The smallest absolute Gasteiger partial charge is 0.224 e. The normalized spacial score (nSPS) is 11.1. The first kappa shape index (κ1) is 20.7. The van der Waals surface area contributed by atoms with Gasteiger partial charge in [-0.25, -0.2) is 9.97 Å². The van der Waals surface area contributed by atoms with E-state index in [0.717, 1.165) is 46.2 Å². The summed E-state index contributed by atoms with van der Waals surface area (Å²) in [6.45, 7) is 2.75. The van der Waals surface area contributed by atoms with Crippen molar-refractivity contribution in [2.24, 2.45) is 0 Å². The van der Waals surface area contributed by atoms with E-state index >= 15 is 0 Å². The zero-order valence-electron chi connectivity index (χ0n) is 18.5. The second-order valence-electron chi connectivity index (χ2n) is 8.04. The summed E-state index contributed by atoms with van der Waals surface area (Å²) in [5, 5.41) is 3.01. The van der Waals surface area contributed by atoms with Crippen molar-refractivity contribution in [3.63, 3.8) is 0 Å². The molecule has 0 aliphatic heterocycles. The molecule has 33 heavy (non-hydrogen) atoms. The molecule has 164 valence electrons. The van der Waals surface area contributed by atoms with Crippen LogP contribution in [0, 0.1) is 6.92 Å². The van der Waals surface area contributed by atoms with E-state index in [2.05, 4.69) is 37.6 Å². The Kier molecular flexibility index (Phi) is 5.72. The third kappa shape index (κ3) is 4.55. The van der Waals surface area contributed by atoms with Crippen LogP contribution in [0.15, 0.2) is 91.3 Å². The fourth-order valence-electron chi connectivity index (χ4n) is 4.02. The van der Waals surface area contributed by atoms with Gasteiger partial charge in [0.1, 0.15) is 11.6 Å². The van der Waals surface area contributed by atoms with Gasteiger partial charge in [0.25, 0.3) is 0 Å². The monoisotopic (exact) mass is 435 g/mol. The number of amides is 1. The lowest BCUT2D eigenvalue weighted by Crippen LogP contribution is -2.14. The number of para-hydroxylation sites is 3. The number of nitrogens with one attached hydrogen (secondary N) is 1. The maximum absolute atomic E-state index is 12.7. The minimum Gasteiger partial charge on any atom is -0.331 e. The van der Waals surface area contributed by atoms with Crippen LogP contribution in [0.25, 0.3) is 16.7 Å². The molecule has 0 radical (unpaired) electrons. The predicted octanol–water partition coefficient (Wildman–Crippen LogP) is 5.15. The number of benzene rings is 3. The molecule has 0 unspecified atom stereocenters. The summed E-state index contributed by atoms with van der Waals surface area (Å²) < 4.78 is 4.22. The number of hydrogen-bond donors (Lipinski definition) is 1. The predicted molar refractivity (Wildman–Crippen MR) is 131 cm³/mol. The molecule has 0 saturated carbocycles. The number of aryl methyl sites for hydroxylation is 2. The summed E-state index contributed by atoms with van der Waals surface area (Å²) in [4.78, 5) is 21.7. The number of carbonyl (C=O) groups is 1. The second kappa shape index (κ2) is 9.12. The molecule has 0 aliphatic rings. The maximum atomic E-state index is 12.7. The van der Waals surface area contributed by atoms with Crippen LogP contribution in [-0.4, -0.2) is 25.0 Å². The largest absolute Gasteiger partial charge is 0.331 e. The van der Waals surface area contributed by atoms with Gasteiger partial charge < -0.3 is 9.88 Å². The number of rotatable bonds is 7. The van der Waals surface area contributed by atoms with Gasteiger partial charge in [0.2, 0.25) is 5.91 Å². The molecule has 5 aromatic rings. The highest BCUT2D eigenvalue weighted by Gasteiger charge is 2.13. The Morgan fingerprint density at radius 3 is 2.45 bits per heavy atom. The Labute approximate surface area is 192 Å². The van der Waals surface area contributed by atoms with Crippen molar-refractivity contribution >= 4 is 22.6 Å². The Hall–Kier alpha value is -4.19. The molecule has 2 heterocycles. The van der Waals surface area contributed by atoms with Gasteiger partial charge in [0.15, 0.2) is 0 Å². The van der Waals surface area contributed by atoms with E-state index < -0.39 is 0 Å². The van der Waals surface area contributed by atoms with Crippen LogP contribution in [0.4, 0.5) is 5.69 Å². The summed E-state index contributed by atoms with van der Waals surface area (Å²) in [6.07, 6.45) is 4.67. The van der Waals surface area contributed by atoms with E-state index in [-0.39, 0.29) is 5.91 Å². The third-order valence-corrected chi connectivity index (χ3v) is 5.73. The molecule has 6 nitrogen and oxygen atoms in total. The van der Waals surface area contributed by atoms with Crippen LogP contribution in [0.1, 0.15) is 23.6 Å². The second-order valence-corrected chi connectivity index (χ2v) is 8.04. The van der Waals surface area contributed by atoms with Crippen molar-refractivity contribution in [2.45, 2.75) is 26.3 Å². The molecule has 0 bridgehead atoms. The molecule has 0 spiro atoms. The molecule has 0 fully saturated rings. The number of nitrogens with zero attached hydrogens (tertiary/aromatic N) is 4. The van der Waals surface area contributed by atoms with E-state index in [1.54, 1.807) is 6.20 Å². The van der Waals surface area contributed by atoms with Gasteiger partial charge in [-0.05, 0) is 48.9 Å². The summed E-state index contributed by atoms with van der Waals surface area (Å²) >= 11 is 0. The van der Waals surface area contributed by atoms with Crippen molar-refractivity contribution in [3.05, 3.63) is 108 Å². The lowest BCUT2D eigenvalue weighted by Gasteiger charge is -2.10. The van der Waals surface area contributed by atoms with Gasteiger partial charge in [-0.15, -0.1) is 0 Å². The highest BCUT2D eigenvalue weighted by atomic mass is 16.1. The molecule has 0 atom stereocenters. The molecule has 6 heteroatoms. The minimum atomic E-state index is -0.0279. The Balaban J connectivity index is 1.26. The van der Waals surface area contributed by atoms with E-state index in [1.807, 2.05) is 73.8 Å². The Morgan fingerprint density at radius 1 is 0.939 bits per heavy atom. The van der Waals surface area contributed by atoms with E-state index in [1.165, 1.54) is 0 Å². The number of hydrogen-bond acceptors (Lipinski definition) is 3. The summed E-state index contributed by atoms with van der Waals surface area (Å²) in [5.41, 5.74) is 4.97. The molecule has 5 rings (SSSR count). The number of carbonyl (C=O) groups excluding carboxylic acids is 1. The standard InChI is InChI=1S/C27H25N5O/c1-20-28-17-18-31(20)19-21-11-13-22(14-12-21)29-27(33)16-15-26-30-24-9-5-6-10-25(24)32(26)23-7-3-2-4-8-23/h2-14,17-18H,15-16,19H2,1H3,(H,29,33). The van der Waals surface area contributed by atoms with Crippen molar-refractivity contribution in [1.29, 1.82) is 0 Å². The summed E-state index contributed by atoms with van der Waals surface area (Å²) in [5.74, 6) is 1.83. The molecule has 1 amide bonds. The number of aromatic nitrogens is 4. The minimum absolute atomic E-state index is 0.0279. The summed E-state index contributed by atoms with van der Waals surface area (Å²) in [7, 11) is 0. The first-order valence-electron chi connectivity index (χ1n) is 11.1. The van der Waals surface area contributed by atoms with E-state index in [9.17, 15) is 4.79 Å².